The molecule has 1 heterocycles. The van der Waals surface area contributed by atoms with Crippen molar-refractivity contribution < 1.29 is 22.7 Å². The van der Waals surface area contributed by atoms with Gasteiger partial charge in [-0.3, -0.25) is 4.79 Å². The summed E-state index contributed by atoms with van der Waals surface area (Å²) in [7, 11) is -2.22. The first-order chi connectivity index (χ1) is 13.8. The molecule has 0 spiro atoms. The van der Waals surface area contributed by atoms with Crippen LogP contribution in [0.4, 0.5) is 5.00 Å². The molecule has 0 fully saturated rings. The average Bonchev–Trinajstić information content (AvgIpc) is 3.05. The number of ether oxygens (including phenoxy) is 1. The normalized spacial score (nSPS) is 11.4. The lowest BCUT2D eigenvalue weighted by molar-refractivity contribution is -0.116. The second kappa shape index (κ2) is 8.94. The highest BCUT2D eigenvalue weighted by Crippen LogP contribution is 2.36. The molecule has 29 heavy (non-hydrogen) atoms. The van der Waals surface area contributed by atoms with Gasteiger partial charge in [0, 0.05) is 21.5 Å². The van der Waals surface area contributed by atoms with Crippen LogP contribution in [0.5, 0.6) is 0 Å². The van der Waals surface area contributed by atoms with Crippen LogP contribution in [0.3, 0.4) is 0 Å². The predicted molar refractivity (Wildman–Crippen MR) is 115 cm³/mol. The number of halogens is 1. The summed E-state index contributed by atoms with van der Waals surface area (Å²) in [5.41, 5.74) is 0.301. The minimum atomic E-state index is -3.50. The van der Waals surface area contributed by atoms with Crippen LogP contribution < -0.4 is 5.32 Å². The molecule has 1 aromatic heterocycles. The molecule has 1 amide bonds. The maximum atomic E-state index is 12.4. The van der Waals surface area contributed by atoms with Crippen LogP contribution >= 0.6 is 22.9 Å². The number of fused-ring (bicyclic) bond motifs is 1. The molecule has 0 aliphatic carbocycles. The number of carbonyl (C=O) groups excluding carboxylic acids is 2. The largest absolute Gasteiger partial charge is 0.465 e. The number of rotatable bonds is 7. The SMILES string of the molecule is COC(=O)c1c(NC(=O)CCCS(=O)(=O)c2ccc(Cl)cc2)sc2ccccc12. The zero-order valence-electron chi connectivity index (χ0n) is 15.5. The summed E-state index contributed by atoms with van der Waals surface area (Å²) in [6.45, 7) is 0. The molecule has 0 aliphatic rings. The molecule has 2 aromatic carbocycles. The summed E-state index contributed by atoms with van der Waals surface area (Å²) >= 11 is 7.05. The highest BCUT2D eigenvalue weighted by atomic mass is 35.5. The molecule has 0 bridgehead atoms. The number of thiophene rings is 1. The third-order valence-electron chi connectivity index (χ3n) is 4.23. The van der Waals surface area contributed by atoms with Crippen molar-refractivity contribution in [1.82, 2.24) is 0 Å². The van der Waals surface area contributed by atoms with E-state index in [9.17, 15) is 18.0 Å². The molecule has 3 aromatic rings. The molecular weight excluding hydrogens is 434 g/mol. The molecule has 0 atom stereocenters. The fourth-order valence-corrected chi connectivity index (χ4v) is 5.35. The molecule has 0 saturated carbocycles. The number of nitrogens with one attached hydrogen (secondary N) is 1. The van der Waals surface area contributed by atoms with E-state index in [1.165, 1.54) is 42.7 Å². The second-order valence-electron chi connectivity index (χ2n) is 6.22. The quantitative estimate of drug-likeness (QED) is 0.533. The van der Waals surface area contributed by atoms with E-state index in [0.29, 0.717) is 21.0 Å². The Kier molecular flexibility index (Phi) is 6.56. The van der Waals surface area contributed by atoms with Crippen molar-refractivity contribution in [1.29, 1.82) is 0 Å². The molecular formula is C20H18ClNO5S2. The van der Waals surface area contributed by atoms with Crippen LogP contribution in [0.1, 0.15) is 23.2 Å². The van der Waals surface area contributed by atoms with E-state index in [1.807, 2.05) is 12.1 Å². The van der Waals surface area contributed by atoms with Crippen LogP contribution in [0.25, 0.3) is 10.1 Å². The first kappa shape index (κ1) is 21.3. The predicted octanol–water partition coefficient (Wildman–Crippen LogP) is 4.53. The van der Waals surface area contributed by atoms with E-state index in [1.54, 1.807) is 12.1 Å². The Morgan fingerprint density at radius 3 is 2.48 bits per heavy atom. The lowest BCUT2D eigenvalue weighted by Gasteiger charge is -2.07. The maximum Gasteiger partial charge on any atom is 0.341 e. The Hall–Kier alpha value is -2.42. The number of sulfone groups is 1. The summed E-state index contributed by atoms with van der Waals surface area (Å²) in [6, 6.07) is 13.2. The third-order valence-corrected chi connectivity index (χ3v) is 7.38. The van der Waals surface area contributed by atoms with Gasteiger partial charge in [0.1, 0.15) is 10.6 Å². The Labute approximate surface area is 177 Å². The van der Waals surface area contributed by atoms with Crippen molar-refractivity contribution >= 4 is 59.7 Å². The number of hydrogen-bond acceptors (Lipinski definition) is 6. The van der Waals surface area contributed by atoms with Gasteiger partial charge in [-0.2, -0.15) is 0 Å². The number of hydrogen-bond donors (Lipinski definition) is 1. The Bertz CT molecular complexity index is 1150. The summed E-state index contributed by atoms with van der Waals surface area (Å²) in [5, 5.41) is 4.26. The Morgan fingerprint density at radius 2 is 1.79 bits per heavy atom. The van der Waals surface area contributed by atoms with E-state index in [-0.39, 0.29) is 29.4 Å². The van der Waals surface area contributed by atoms with Crippen molar-refractivity contribution in [2.24, 2.45) is 0 Å². The van der Waals surface area contributed by atoms with Gasteiger partial charge < -0.3 is 10.1 Å². The van der Waals surface area contributed by atoms with Crippen molar-refractivity contribution in [3.05, 3.63) is 59.1 Å². The van der Waals surface area contributed by atoms with E-state index in [0.717, 1.165) is 4.70 Å². The van der Waals surface area contributed by atoms with Crippen molar-refractivity contribution in [2.45, 2.75) is 17.7 Å². The van der Waals surface area contributed by atoms with E-state index < -0.39 is 15.8 Å². The van der Waals surface area contributed by atoms with Gasteiger partial charge in [-0.1, -0.05) is 29.8 Å². The molecule has 3 rings (SSSR count). The first-order valence-corrected chi connectivity index (χ1v) is 11.5. The van der Waals surface area contributed by atoms with Crippen molar-refractivity contribution in [2.75, 3.05) is 18.2 Å². The van der Waals surface area contributed by atoms with Gasteiger partial charge in [-0.25, -0.2) is 13.2 Å². The summed E-state index contributed by atoms with van der Waals surface area (Å²) in [6.07, 6.45) is 0.150. The standard InChI is InChI=1S/C20H18ClNO5S2/c1-27-20(24)18-15-5-2-3-6-16(15)28-19(18)22-17(23)7-4-12-29(25,26)14-10-8-13(21)9-11-14/h2-3,5-6,8-11H,4,7,12H2,1H3,(H,22,23). The van der Waals surface area contributed by atoms with Crippen LogP contribution in [0.15, 0.2) is 53.4 Å². The topological polar surface area (TPSA) is 89.5 Å². The molecule has 0 saturated heterocycles. The fraction of sp³-hybridized carbons (Fsp3) is 0.200. The maximum absolute atomic E-state index is 12.4. The van der Waals surface area contributed by atoms with Crippen LogP contribution in [0.2, 0.25) is 5.02 Å². The number of methoxy groups -OCH3 is 1. The molecule has 6 nitrogen and oxygen atoms in total. The lowest BCUT2D eigenvalue weighted by Crippen LogP contribution is -2.15. The Balaban J connectivity index is 1.67. The van der Waals surface area contributed by atoms with Crippen molar-refractivity contribution in [3.8, 4) is 0 Å². The van der Waals surface area contributed by atoms with Crippen LogP contribution in [-0.4, -0.2) is 33.2 Å². The summed E-state index contributed by atoms with van der Waals surface area (Å²) in [5.74, 6) is -1.07. The molecule has 0 aliphatic heterocycles. The second-order valence-corrected chi connectivity index (χ2v) is 9.82. The van der Waals surface area contributed by atoms with E-state index >= 15 is 0 Å². The smallest absolute Gasteiger partial charge is 0.341 e. The molecule has 0 unspecified atom stereocenters. The highest BCUT2D eigenvalue weighted by molar-refractivity contribution is 7.91. The first-order valence-electron chi connectivity index (χ1n) is 8.70. The number of benzene rings is 2. The summed E-state index contributed by atoms with van der Waals surface area (Å²) in [4.78, 5) is 24.7. The van der Waals surface area contributed by atoms with Crippen molar-refractivity contribution in [3.63, 3.8) is 0 Å². The Morgan fingerprint density at radius 1 is 1.10 bits per heavy atom. The fourth-order valence-electron chi connectivity index (χ4n) is 2.81. The minimum Gasteiger partial charge on any atom is -0.465 e. The number of amides is 1. The zero-order valence-corrected chi connectivity index (χ0v) is 17.9. The monoisotopic (exact) mass is 451 g/mol. The molecule has 9 heteroatoms. The molecule has 152 valence electrons. The van der Waals surface area contributed by atoms with Gasteiger partial charge in [0.05, 0.1) is 17.8 Å². The average molecular weight is 452 g/mol. The lowest BCUT2D eigenvalue weighted by atomic mass is 10.1. The minimum absolute atomic E-state index is 0.00166. The number of anilines is 1. The number of carbonyl (C=O) groups is 2. The highest BCUT2D eigenvalue weighted by Gasteiger charge is 2.21. The summed E-state index contributed by atoms with van der Waals surface area (Å²) < 4.78 is 30.4. The van der Waals surface area contributed by atoms with Gasteiger partial charge in [0.15, 0.2) is 9.84 Å². The zero-order chi connectivity index (χ0) is 21.0. The van der Waals surface area contributed by atoms with Gasteiger partial charge in [-0.15, -0.1) is 11.3 Å². The van der Waals surface area contributed by atoms with Gasteiger partial charge in [-0.05, 0) is 36.8 Å². The molecule has 0 radical (unpaired) electrons. The van der Waals surface area contributed by atoms with E-state index in [4.69, 9.17) is 16.3 Å². The van der Waals surface area contributed by atoms with Crippen LogP contribution in [-0.2, 0) is 19.4 Å². The number of esters is 1. The van der Waals surface area contributed by atoms with Gasteiger partial charge in [0.2, 0.25) is 5.91 Å². The van der Waals surface area contributed by atoms with Gasteiger partial charge in [0.25, 0.3) is 0 Å². The van der Waals surface area contributed by atoms with Gasteiger partial charge >= 0.3 is 5.97 Å². The van der Waals surface area contributed by atoms with Crippen LogP contribution in [0, 0.1) is 0 Å². The molecule has 1 N–H and O–H groups in total. The van der Waals surface area contributed by atoms with E-state index in [2.05, 4.69) is 5.32 Å². The third kappa shape index (κ3) is 4.95.